The lowest BCUT2D eigenvalue weighted by atomic mass is 10.0. The molecule has 6 heteroatoms. The minimum atomic E-state index is -0.0492. The minimum absolute atomic E-state index is 0.0492. The van der Waals surface area contributed by atoms with Gasteiger partial charge in [0.15, 0.2) is 0 Å². The van der Waals surface area contributed by atoms with Crippen molar-refractivity contribution >= 4 is 5.91 Å². The van der Waals surface area contributed by atoms with E-state index >= 15 is 0 Å². The number of ether oxygens (including phenoxy) is 3. The highest BCUT2D eigenvalue weighted by molar-refractivity contribution is 5.77. The monoisotopic (exact) mass is 274 g/mol. The van der Waals surface area contributed by atoms with Crippen LogP contribution < -0.4 is 5.32 Å². The van der Waals surface area contributed by atoms with E-state index in [-0.39, 0.29) is 12.5 Å². The van der Waals surface area contributed by atoms with Crippen LogP contribution in [-0.4, -0.2) is 77.1 Å². The first kappa shape index (κ1) is 16.4. The maximum Gasteiger partial charge on any atom is 0.246 e. The van der Waals surface area contributed by atoms with Crippen LogP contribution >= 0.6 is 0 Å². The van der Waals surface area contributed by atoms with Gasteiger partial charge in [0.2, 0.25) is 5.91 Å². The smallest absolute Gasteiger partial charge is 0.246 e. The molecule has 1 rings (SSSR count). The molecule has 0 saturated carbocycles. The Bertz CT molecular complexity index is 245. The largest absolute Gasteiger partial charge is 0.382 e. The molecule has 112 valence electrons. The molecule has 1 N–H and O–H groups in total. The van der Waals surface area contributed by atoms with Gasteiger partial charge in [-0.2, -0.15) is 0 Å². The molecule has 1 fully saturated rings. The van der Waals surface area contributed by atoms with Crippen LogP contribution in [-0.2, 0) is 19.0 Å². The van der Waals surface area contributed by atoms with Gasteiger partial charge in [-0.25, -0.2) is 0 Å². The van der Waals surface area contributed by atoms with Gasteiger partial charge in [-0.3, -0.25) is 4.79 Å². The molecule has 1 aliphatic heterocycles. The molecule has 1 heterocycles. The Morgan fingerprint density at radius 3 is 2.58 bits per heavy atom. The summed E-state index contributed by atoms with van der Waals surface area (Å²) in [4.78, 5) is 13.8. The molecular formula is C13H26N2O4. The number of carbonyl (C=O) groups excluding carboxylic acids is 1. The zero-order chi connectivity index (χ0) is 13.9. The van der Waals surface area contributed by atoms with Crippen LogP contribution in [0, 0.1) is 5.92 Å². The molecule has 0 radical (unpaired) electrons. The predicted octanol–water partition coefficient (Wildman–Crippen LogP) is -0.266. The SMILES string of the molecule is CCN1CC(CNC(=O)COCCOCCOC)C1. The quantitative estimate of drug-likeness (QED) is 0.526. The maximum absolute atomic E-state index is 11.5. The summed E-state index contributed by atoms with van der Waals surface area (Å²) in [5.41, 5.74) is 0. The van der Waals surface area contributed by atoms with Gasteiger partial charge in [0.25, 0.3) is 0 Å². The Balaban J connectivity index is 1.83. The summed E-state index contributed by atoms with van der Waals surface area (Å²) in [6, 6.07) is 0. The summed E-state index contributed by atoms with van der Waals surface area (Å²) < 4.78 is 15.3. The topological polar surface area (TPSA) is 60.0 Å². The summed E-state index contributed by atoms with van der Waals surface area (Å²) in [5.74, 6) is 0.549. The van der Waals surface area contributed by atoms with E-state index in [4.69, 9.17) is 14.2 Å². The molecule has 0 aromatic carbocycles. The van der Waals surface area contributed by atoms with Crippen molar-refractivity contribution in [1.82, 2.24) is 10.2 Å². The molecular weight excluding hydrogens is 248 g/mol. The van der Waals surface area contributed by atoms with Gasteiger partial charge >= 0.3 is 0 Å². The average molecular weight is 274 g/mol. The van der Waals surface area contributed by atoms with E-state index in [2.05, 4.69) is 17.1 Å². The molecule has 0 atom stereocenters. The fourth-order valence-electron chi connectivity index (χ4n) is 1.90. The van der Waals surface area contributed by atoms with Gasteiger partial charge in [-0.1, -0.05) is 6.92 Å². The summed E-state index contributed by atoms with van der Waals surface area (Å²) in [6.45, 7) is 8.35. The van der Waals surface area contributed by atoms with Crippen molar-refractivity contribution in [3.8, 4) is 0 Å². The molecule has 0 unspecified atom stereocenters. The van der Waals surface area contributed by atoms with Crippen molar-refractivity contribution in [1.29, 1.82) is 0 Å². The third-order valence-corrected chi connectivity index (χ3v) is 3.10. The molecule has 0 bridgehead atoms. The Kier molecular flexibility index (Phi) is 8.73. The molecule has 0 aromatic rings. The van der Waals surface area contributed by atoms with E-state index in [1.54, 1.807) is 7.11 Å². The highest BCUT2D eigenvalue weighted by Gasteiger charge is 2.24. The minimum Gasteiger partial charge on any atom is -0.382 e. The number of rotatable bonds is 11. The number of nitrogens with zero attached hydrogens (tertiary/aromatic N) is 1. The fourth-order valence-corrected chi connectivity index (χ4v) is 1.90. The number of nitrogens with one attached hydrogen (secondary N) is 1. The van der Waals surface area contributed by atoms with Crippen molar-refractivity contribution in [2.24, 2.45) is 5.92 Å². The number of hydrogen-bond acceptors (Lipinski definition) is 5. The summed E-state index contributed by atoms with van der Waals surface area (Å²) in [7, 11) is 1.63. The van der Waals surface area contributed by atoms with E-state index < -0.39 is 0 Å². The fraction of sp³-hybridized carbons (Fsp3) is 0.923. The highest BCUT2D eigenvalue weighted by atomic mass is 16.5. The molecule has 0 aliphatic carbocycles. The molecule has 1 aliphatic rings. The molecule has 0 spiro atoms. The molecule has 6 nitrogen and oxygen atoms in total. The second-order valence-corrected chi connectivity index (χ2v) is 4.68. The van der Waals surface area contributed by atoms with Crippen molar-refractivity contribution in [3.05, 3.63) is 0 Å². The number of hydrogen-bond donors (Lipinski definition) is 1. The zero-order valence-corrected chi connectivity index (χ0v) is 12.0. The second-order valence-electron chi connectivity index (χ2n) is 4.68. The Morgan fingerprint density at radius 2 is 1.89 bits per heavy atom. The number of methoxy groups -OCH3 is 1. The number of amides is 1. The zero-order valence-electron chi connectivity index (χ0n) is 12.0. The first-order chi connectivity index (χ1) is 9.26. The van der Waals surface area contributed by atoms with Gasteiger partial charge in [0.1, 0.15) is 6.61 Å². The van der Waals surface area contributed by atoms with Crippen LogP contribution in [0.2, 0.25) is 0 Å². The third kappa shape index (κ3) is 7.47. The Morgan fingerprint density at radius 1 is 1.21 bits per heavy atom. The van der Waals surface area contributed by atoms with Crippen molar-refractivity contribution in [2.75, 3.05) is 66.3 Å². The Labute approximate surface area is 115 Å². The van der Waals surface area contributed by atoms with Crippen LogP contribution in [0.3, 0.4) is 0 Å². The molecule has 0 aromatic heterocycles. The van der Waals surface area contributed by atoms with Crippen LogP contribution in [0.4, 0.5) is 0 Å². The lowest BCUT2D eigenvalue weighted by Crippen LogP contribution is -2.51. The highest BCUT2D eigenvalue weighted by Crippen LogP contribution is 2.12. The van der Waals surface area contributed by atoms with Gasteiger partial charge in [-0.05, 0) is 6.54 Å². The Hall–Kier alpha value is -0.690. The number of carbonyl (C=O) groups is 1. The van der Waals surface area contributed by atoms with Crippen LogP contribution in [0.25, 0.3) is 0 Å². The van der Waals surface area contributed by atoms with E-state index in [9.17, 15) is 4.79 Å². The number of likely N-dealkylation sites (tertiary alicyclic amines) is 1. The molecule has 1 saturated heterocycles. The van der Waals surface area contributed by atoms with Crippen molar-refractivity contribution in [3.63, 3.8) is 0 Å². The summed E-state index contributed by atoms with van der Waals surface area (Å²) in [5, 5.41) is 2.89. The first-order valence-corrected chi connectivity index (χ1v) is 6.89. The van der Waals surface area contributed by atoms with Gasteiger partial charge in [-0.15, -0.1) is 0 Å². The summed E-state index contributed by atoms with van der Waals surface area (Å²) in [6.07, 6.45) is 0. The van der Waals surface area contributed by atoms with Gasteiger partial charge < -0.3 is 24.4 Å². The standard InChI is InChI=1S/C13H26N2O4/c1-3-15-9-12(10-15)8-14-13(16)11-19-7-6-18-5-4-17-2/h12H,3-11H2,1-2H3,(H,14,16). The van der Waals surface area contributed by atoms with Gasteiger partial charge in [0, 0.05) is 32.7 Å². The predicted molar refractivity (Wildman–Crippen MR) is 72.1 cm³/mol. The van der Waals surface area contributed by atoms with Crippen LogP contribution in [0.15, 0.2) is 0 Å². The average Bonchev–Trinajstić information content (AvgIpc) is 2.36. The van der Waals surface area contributed by atoms with Crippen LogP contribution in [0.1, 0.15) is 6.92 Å². The lowest BCUT2D eigenvalue weighted by Gasteiger charge is -2.38. The first-order valence-electron chi connectivity index (χ1n) is 6.89. The normalized spacial score (nSPS) is 16.3. The molecule has 19 heavy (non-hydrogen) atoms. The third-order valence-electron chi connectivity index (χ3n) is 3.10. The van der Waals surface area contributed by atoms with Gasteiger partial charge in [0.05, 0.1) is 26.4 Å². The van der Waals surface area contributed by atoms with Crippen molar-refractivity contribution in [2.45, 2.75) is 6.92 Å². The maximum atomic E-state index is 11.5. The lowest BCUT2D eigenvalue weighted by molar-refractivity contribution is -0.126. The van der Waals surface area contributed by atoms with Crippen molar-refractivity contribution < 1.29 is 19.0 Å². The summed E-state index contributed by atoms with van der Waals surface area (Å²) >= 11 is 0. The van der Waals surface area contributed by atoms with E-state index in [0.717, 1.165) is 26.2 Å². The molecule has 1 amide bonds. The van der Waals surface area contributed by atoms with E-state index in [1.807, 2.05) is 0 Å². The second kappa shape index (κ2) is 10.1. The van der Waals surface area contributed by atoms with Crippen LogP contribution in [0.5, 0.6) is 0 Å². The van der Waals surface area contributed by atoms with E-state index in [1.165, 1.54) is 0 Å². The van der Waals surface area contributed by atoms with E-state index in [0.29, 0.717) is 32.3 Å².